The van der Waals surface area contributed by atoms with Crippen LogP contribution in [0.5, 0.6) is 0 Å². The number of aromatic nitrogens is 6. The Morgan fingerprint density at radius 3 is 3.04 bits per heavy atom. The van der Waals surface area contributed by atoms with Crippen LogP contribution >= 0.6 is 0 Å². The highest BCUT2D eigenvalue weighted by Gasteiger charge is 2.08. The van der Waals surface area contributed by atoms with E-state index in [1.54, 1.807) is 13.4 Å². The minimum atomic E-state index is 0.523. The van der Waals surface area contributed by atoms with Gasteiger partial charge in [0.05, 0.1) is 12.1 Å². The second kappa shape index (κ2) is 7.10. The molecule has 0 amide bonds. The van der Waals surface area contributed by atoms with Crippen LogP contribution in [0.2, 0.25) is 0 Å². The van der Waals surface area contributed by atoms with Crippen molar-refractivity contribution in [3.05, 3.63) is 36.3 Å². The summed E-state index contributed by atoms with van der Waals surface area (Å²) in [6.45, 7) is 4.00. The van der Waals surface area contributed by atoms with Gasteiger partial charge < -0.3 is 14.6 Å². The summed E-state index contributed by atoms with van der Waals surface area (Å²) in [6.07, 6.45) is 4.18. The lowest BCUT2D eigenvalue weighted by Crippen LogP contribution is -2.11. The van der Waals surface area contributed by atoms with Gasteiger partial charge in [-0.25, -0.2) is 15.0 Å². The number of aryl methyl sites for hydroxylation is 2. The van der Waals surface area contributed by atoms with Crippen LogP contribution in [0.4, 0.5) is 5.82 Å². The molecule has 120 valence electrons. The largest absolute Gasteiger partial charge is 0.385 e. The SMILES string of the molecule is COCCCn1cnnc1CNc1ncnc2ccc(C)nc12. The Balaban J connectivity index is 1.74. The van der Waals surface area contributed by atoms with Crippen molar-refractivity contribution in [1.82, 2.24) is 29.7 Å². The highest BCUT2D eigenvalue weighted by atomic mass is 16.5. The molecule has 3 heterocycles. The molecule has 0 aromatic carbocycles. The summed E-state index contributed by atoms with van der Waals surface area (Å²) in [5.41, 5.74) is 2.51. The first-order valence-electron chi connectivity index (χ1n) is 7.46. The third-order valence-electron chi connectivity index (χ3n) is 3.48. The van der Waals surface area contributed by atoms with Gasteiger partial charge in [-0.15, -0.1) is 10.2 Å². The Hall–Kier alpha value is -2.61. The fraction of sp³-hybridized carbons (Fsp3) is 0.400. The number of anilines is 1. The quantitative estimate of drug-likeness (QED) is 0.662. The van der Waals surface area contributed by atoms with E-state index < -0.39 is 0 Å². The zero-order valence-electron chi connectivity index (χ0n) is 13.2. The van der Waals surface area contributed by atoms with Gasteiger partial charge in [-0.05, 0) is 25.5 Å². The second-order valence-electron chi connectivity index (χ2n) is 5.18. The molecule has 0 unspecified atom stereocenters. The Labute approximate surface area is 134 Å². The zero-order valence-corrected chi connectivity index (χ0v) is 13.2. The highest BCUT2D eigenvalue weighted by Crippen LogP contribution is 2.17. The Bertz CT molecular complexity index is 786. The monoisotopic (exact) mass is 313 g/mol. The predicted octanol–water partition coefficient (Wildman–Crippen LogP) is 1.57. The molecule has 0 atom stereocenters. The molecule has 0 saturated carbocycles. The molecule has 3 rings (SSSR count). The highest BCUT2D eigenvalue weighted by molar-refractivity contribution is 5.84. The lowest BCUT2D eigenvalue weighted by Gasteiger charge is -2.09. The molecule has 0 saturated heterocycles. The van der Waals surface area contributed by atoms with Gasteiger partial charge in [0.25, 0.3) is 0 Å². The standard InChI is InChI=1S/C15H19N7O/c1-11-4-5-12-14(20-11)15(18-9-17-12)16-8-13-21-19-10-22(13)6-3-7-23-2/h4-5,9-10H,3,6-8H2,1-2H3,(H,16,17,18). The average molecular weight is 313 g/mol. The van der Waals surface area contributed by atoms with Crippen LogP contribution in [-0.4, -0.2) is 43.4 Å². The van der Waals surface area contributed by atoms with Crippen LogP contribution in [0.15, 0.2) is 24.8 Å². The van der Waals surface area contributed by atoms with Crippen LogP contribution in [0.3, 0.4) is 0 Å². The molecular formula is C15H19N7O. The third-order valence-corrected chi connectivity index (χ3v) is 3.48. The van der Waals surface area contributed by atoms with Gasteiger partial charge in [0.15, 0.2) is 11.6 Å². The van der Waals surface area contributed by atoms with Crippen LogP contribution in [0.25, 0.3) is 11.0 Å². The van der Waals surface area contributed by atoms with E-state index in [0.717, 1.165) is 35.5 Å². The number of hydrogen-bond donors (Lipinski definition) is 1. The molecule has 1 N–H and O–H groups in total. The summed E-state index contributed by atoms with van der Waals surface area (Å²) in [5.74, 6) is 1.55. The summed E-state index contributed by atoms with van der Waals surface area (Å²) >= 11 is 0. The topological polar surface area (TPSA) is 90.6 Å². The first-order valence-corrected chi connectivity index (χ1v) is 7.46. The molecule has 8 heteroatoms. The van der Waals surface area contributed by atoms with E-state index in [4.69, 9.17) is 4.74 Å². The lowest BCUT2D eigenvalue weighted by atomic mass is 10.3. The van der Waals surface area contributed by atoms with Crippen LogP contribution < -0.4 is 5.32 Å². The fourth-order valence-corrected chi connectivity index (χ4v) is 2.31. The maximum Gasteiger partial charge on any atom is 0.156 e. The molecular weight excluding hydrogens is 294 g/mol. The maximum atomic E-state index is 5.07. The van der Waals surface area contributed by atoms with Crippen molar-refractivity contribution in [3.8, 4) is 0 Å². The van der Waals surface area contributed by atoms with Crippen LogP contribution in [-0.2, 0) is 17.8 Å². The van der Waals surface area contributed by atoms with Gasteiger partial charge >= 0.3 is 0 Å². The van der Waals surface area contributed by atoms with E-state index >= 15 is 0 Å². The molecule has 3 aromatic heterocycles. The van der Waals surface area contributed by atoms with Crippen LogP contribution in [0, 0.1) is 6.92 Å². The summed E-state index contributed by atoms with van der Waals surface area (Å²) in [4.78, 5) is 13.0. The summed E-state index contributed by atoms with van der Waals surface area (Å²) in [6, 6.07) is 3.88. The molecule has 0 bridgehead atoms. The van der Waals surface area contributed by atoms with Gasteiger partial charge in [0.2, 0.25) is 0 Å². The molecule has 0 aliphatic rings. The summed E-state index contributed by atoms with van der Waals surface area (Å²) in [5, 5.41) is 11.4. The first kappa shape index (κ1) is 15.3. The lowest BCUT2D eigenvalue weighted by molar-refractivity contribution is 0.190. The summed E-state index contributed by atoms with van der Waals surface area (Å²) in [7, 11) is 1.70. The van der Waals surface area contributed by atoms with Crippen molar-refractivity contribution >= 4 is 16.9 Å². The number of hydrogen-bond acceptors (Lipinski definition) is 7. The minimum Gasteiger partial charge on any atom is -0.385 e. The number of nitrogens with one attached hydrogen (secondary N) is 1. The molecule has 0 aliphatic heterocycles. The number of rotatable bonds is 7. The average Bonchev–Trinajstić information content (AvgIpc) is 3.00. The van der Waals surface area contributed by atoms with Crippen LogP contribution in [0.1, 0.15) is 17.9 Å². The molecule has 3 aromatic rings. The van der Waals surface area contributed by atoms with Gasteiger partial charge in [0, 0.05) is 26.0 Å². The van der Waals surface area contributed by atoms with Crippen molar-refractivity contribution in [2.45, 2.75) is 26.4 Å². The molecule has 0 fully saturated rings. The second-order valence-corrected chi connectivity index (χ2v) is 5.18. The van der Waals surface area contributed by atoms with E-state index in [9.17, 15) is 0 Å². The third kappa shape index (κ3) is 3.59. The number of methoxy groups -OCH3 is 1. The van der Waals surface area contributed by atoms with Gasteiger partial charge in [0.1, 0.15) is 18.2 Å². The Morgan fingerprint density at radius 1 is 1.26 bits per heavy atom. The van der Waals surface area contributed by atoms with E-state index in [-0.39, 0.29) is 0 Å². The molecule has 0 radical (unpaired) electrons. The van der Waals surface area contributed by atoms with Crippen molar-refractivity contribution in [3.63, 3.8) is 0 Å². The Kier molecular flexibility index (Phi) is 4.72. The number of pyridine rings is 1. The van der Waals surface area contributed by atoms with Crippen molar-refractivity contribution in [2.75, 3.05) is 19.0 Å². The molecule has 8 nitrogen and oxygen atoms in total. The maximum absolute atomic E-state index is 5.07. The van der Waals surface area contributed by atoms with E-state index in [2.05, 4.69) is 30.5 Å². The first-order chi connectivity index (χ1) is 11.3. The van der Waals surface area contributed by atoms with E-state index in [0.29, 0.717) is 19.0 Å². The number of ether oxygens (including phenoxy) is 1. The minimum absolute atomic E-state index is 0.523. The summed E-state index contributed by atoms with van der Waals surface area (Å²) < 4.78 is 7.08. The molecule has 23 heavy (non-hydrogen) atoms. The van der Waals surface area contributed by atoms with Crippen molar-refractivity contribution < 1.29 is 4.74 Å². The van der Waals surface area contributed by atoms with E-state index in [1.807, 2.05) is 23.6 Å². The van der Waals surface area contributed by atoms with Gasteiger partial charge in [-0.2, -0.15) is 0 Å². The van der Waals surface area contributed by atoms with Gasteiger partial charge in [-0.3, -0.25) is 0 Å². The Morgan fingerprint density at radius 2 is 2.17 bits per heavy atom. The van der Waals surface area contributed by atoms with Crippen molar-refractivity contribution in [2.24, 2.45) is 0 Å². The van der Waals surface area contributed by atoms with Crippen molar-refractivity contribution in [1.29, 1.82) is 0 Å². The molecule has 0 spiro atoms. The normalized spacial score (nSPS) is 11.0. The molecule has 0 aliphatic carbocycles. The smallest absolute Gasteiger partial charge is 0.156 e. The van der Waals surface area contributed by atoms with E-state index in [1.165, 1.54) is 6.33 Å². The fourth-order valence-electron chi connectivity index (χ4n) is 2.31. The number of nitrogens with zero attached hydrogens (tertiary/aromatic N) is 6. The number of fused-ring (bicyclic) bond motifs is 1. The predicted molar refractivity (Wildman–Crippen MR) is 85.9 cm³/mol. The zero-order chi connectivity index (χ0) is 16.1. The van der Waals surface area contributed by atoms with Gasteiger partial charge in [-0.1, -0.05) is 0 Å².